The maximum absolute atomic E-state index is 13.8. The molecule has 1 aromatic carbocycles. The largest absolute Gasteiger partial charge is 0.380 e. The SMILES string of the molecule is CN1CCC(C)(CNc2c(F)cc([N+](=O)[O-])cc2F)CC1. The standard InChI is InChI=1S/C14H19F2N3O2/c1-14(3-5-18(2)6-4-14)9-17-13-11(15)7-10(19(20)21)8-12(13)16/h7-8,17H,3-6,9H2,1-2H3. The van der Waals surface area contributed by atoms with Gasteiger partial charge in [-0.05, 0) is 38.4 Å². The zero-order chi connectivity index (χ0) is 15.6. The summed E-state index contributed by atoms with van der Waals surface area (Å²) in [6.45, 7) is 4.41. The number of nitrogens with one attached hydrogen (secondary N) is 1. The molecular weight excluding hydrogens is 280 g/mol. The second kappa shape index (κ2) is 5.93. The van der Waals surface area contributed by atoms with Crippen molar-refractivity contribution >= 4 is 11.4 Å². The van der Waals surface area contributed by atoms with Crippen molar-refractivity contribution in [1.29, 1.82) is 0 Å². The minimum Gasteiger partial charge on any atom is -0.380 e. The molecule has 0 radical (unpaired) electrons. The molecule has 0 aliphatic carbocycles. The van der Waals surface area contributed by atoms with E-state index < -0.39 is 22.2 Å². The van der Waals surface area contributed by atoms with E-state index in [9.17, 15) is 18.9 Å². The molecule has 0 spiro atoms. The van der Waals surface area contributed by atoms with E-state index in [-0.39, 0.29) is 11.1 Å². The second-order valence-electron chi connectivity index (χ2n) is 6.01. The van der Waals surface area contributed by atoms with Crippen molar-refractivity contribution in [3.63, 3.8) is 0 Å². The van der Waals surface area contributed by atoms with E-state index in [1.165, 1.54) is 0 Å². The third-order valence-electron chi connectivity index (χ3n) is 4.12. The van der Waals surface area contributed by atoms with Gasteiger partial charge in [0.2, 0.25) is 0 Å². The minimum atomic E-state index is -0.932. The molecule has 1 aliphatic heterocycles. The van der Waals surface area contributed by atoms with Crippen LogP contribution in [0.5, 0.6) is 0 Å². The minimum absolute atomic E-state index is 0.0346. The van der Waals surface area contributed by atoms with Crippen molar-refractivity contribution in [3.8, 4) is 0 Å². The van der Waals surface area contributed by atoms with Gasteiger partial charge in [-0.2, -0.15) is 0 Å². The van der Waals surface area contributed by atoms with Crippen molar-refractivity contribution < 1.29 is 13.7 Å². The summed E-state index contributed by atoms with van der Waals surface area (Å²) in [5, 5.41) is 13.3. The number of nitro groups is 1. The molecule has 1 N–H and O–H groups in total. The first-order valence-electron chi connectivity index (χ1n) is 6.87. The fourth-order valence-electron chi connectivity index (χ4n) is 2.47. The number of benzene rings is 1. The van der Waals surface area contributed by atoms with E-state index in [1.54, 1.807) is 0 Å². The Bertz CT molecular complexity index is 520. The number of rotatable bonds is 4. The fourth-order valence-corrected chi connectivity index (χ4v) is 2.47. The molecule has 1 fully saturated rings. The summed E-state index contributed by atoms with van der Waals surface area (Å²) in [5.74, 6) is -1.86. The summed E-state index contributed by atoms with van der Waals surface area (Å²) in [6.07, 6.45) is 1.87. The van der Waals surface area contributed by atoms with Crippen LogP contribution in [0.4, 0.5) is 20.2 Å². The molecule has 0 saturated carbocycles. The second-order valence-corrected chi connectivity index (χ2v) is 6.01. The molecular formula is C14H19F2N3O2. The quantitative estimate of drug-likeness (QED) is 0.686. The van der Waals surface area contributed by atoms with Crippen LogP contribution in [-0.2, 0) is 0 Å². The van der Waals surface area contributed by atoms with E-state index in [4.69, 9.17) is 0 Å². The van der Waals surface area contributed by atoms with Gasteiger partial charge in [-0.25, -0.2) is 8.78 Å². The van der Waals surface area contributed by atoms with E-state index in [2.05, 4.69) is 17.1 Å². The zero-order valence-corrected chi connectivity index (χ0v) is 12.2. The van der Waals surface area contributed by atoms with Crippen molar-refractivity contribution in [2.24, 2.45) is 5.41 Å². The maximum atomic E-state index is 13.8. The molecule has 0 aromatic heterocycles. The van der Waals surface area contributed by atoms with Crippen LogP contribution < -0.4 is 5.32 Å². The summed E-state index contributed by atoms with van der Waals surface area (Å²) >= 11 is 0. The topological polar surface area (TPSA) is 58.4 Å². The lowest BCUT2D eigenvalue weighted by molar-refractivity contribution is -0.385. The highest BCUT2D eigenvalue weighted by molar-refractivity contribution is 5.51. The van der Waals surface area contributed by atoms with Crippen LogP contribution in [-0.4, -0.2) is 36.5 Å². The van der Waals surface area contributed by atoms with Crippen LogP contribution in [0.1, 0.15) is 19.8 Å². The molecule has 116 valence electrons. The zero-order valence-electron chi connectivity index (χ0n) is 12.2. The lowest BCUT2D eigenvalue weighted by Gasteiger charge is -2.38. The molecule has 0 atom stereocenters. The van der Waals surface area contributed by atoms with Crippen LogP contribution in [0.3, 0.4) is 0 Å². The van der Waals surface area contributed by atoms with Gasteiger partial charge < -0.3 is 10.2 Å². The van der Waals surface area contributed by atoms with E-state index in [1.807, 2.05) is 7.05 Å². The van der Waals surface area contributed by atoms with Crippen molar-refractivity contribution in [2.45, 2.75) is 19.8 Å². The molecule has 1 heterocycles. The van der Waals surface area contributed by atoms with Crippen LogP contribution in [0.15, 0.2) is 12.1 Å². The first kappa shape index (κ1) is 15.6. The van der Waals surface area contributed by atoms with Gasteiger partial charge in [-0.15, -0.1) is 0 Å². The lowest BCUT2D eigenvalue weighted by Crippen LogP contribution is -2.40. The first-order valence-corrected chi connectivity index (χ1v) is 6.87. The molecule has 1 aliphatic rings. The Balaban J connectivity index is 2.08. The summed E-state index contributed by atoms with van der Waals surface area (Å²) in [4.78, 5) is 12.0. The number of non-ortho nitro benzene ring substituents is 1. The van der Waals surface area contributed by atoms with Gasteiger partial charge in [-0.3, -0.25) is 10.1 Å². The Kier molecular flexibility index (Phi) is 4.41. The molecule has 7 heteroatoms. The van der Waals surface area contributed by atoms with Crippen molar-refractivity contribution in [1.82, 2.24) is 4.90 Å². The number of piperidine rings is 1. The number of nitrogens with zero attached hydrogens (tertiary/aromatic N) is 2. The van der Waals surface area contributed by atoms with Crippen LogP contribution in [0.2, 0.25) is 0 Å². The van der Waals surface area contributed by atoms with Crippen LogP contribution >= 0.6 is 0 Å². The number of nitro benzene ring substituents is 1. The average molecular weight is 299 g/mol. The predicted octanol–water partition coefficient (Wildman–Crippen LogP) is 3.02. The molecule has 0 amide bonds. The molecule has 5 nitrogen and oxygen atoms in total. The van der Waals surface area contributed by atoms with E-state index in [0.717, 1.165) is 38.1 Å². The van der Waals surface area contributed by atoms with Gasteiger partial charge in [0.25, 0.3) is 5.69 Å². The van der Waals surface area contributed by atoms with Gasteiger partial charge in [0.05, 0.1) is 17.1 Å². The highest BCUT2D eigenvalue weighted by Crippen LogP contribution is 2.32. The Morgan fingerprint density at radius 2 is 1.86 bits per heavy atom. The van der Waals surface area contributed by atoms with Gasteiger partial charge >= 0.3 is 0 Å². The summed E-state index contributed by atoms with van der Waals surface area (Å²) in [5.41, 5.74) is -0.908. The Labute approximate surface area is 122 Å². The van der Waals surface area contributed by atoms with Gasteiger partial charge in [0.15, 0.2) is 11.6 Å². The number of likely N-dealkylation sites (tertiary alicyclic amines) is 1. The van der Waals surface area contributed by atoms with E-state index >= 15 is 0 Å². The van der Waals surface area contributed by atoms with Gasteiger partial charge in [0.1, 0.15) is 5.69 Å². The molecule has 2 rings (SSSR count). The number of anilines is 1. The Morgan fingerprint density at radius 3 is 2.33 bits per heavy atom. The molecule has 1 saturated heterocycles. The molecule has 0 bridgehead atoms. The van der Waals surface area contributed by atoms with Crippen molar-refractivity contribution in [3.05, 3.63) is 33.9 Å². The summed E-state index contributed by atoms with van der Waals surface area (Å²) < 4.78 is 27.6. The first-order chi connectivity index (χ1) is 9.81. The predicted molar refractivity (Wildman–Crippen MR) is 76.3 cm³/mol. The molecule has 21 heavy (non-hydrogen) atoms. The Morgan fingerprint density at radius 1 is 1.33 bits per heavy atom. The molecule has 0 unspecified atom stereocenters. The van der Waals surface area contributed by atoms with Crippen molar-refractivity contribution in [2.75, 3.05) is 32.0 Å². The van der Waals surface area contributed by atoms with Crippen LogP contribution in [0, 0.1) is 27.2 Å². The van der Waals surface area contributed by atoms with E-state index in [0.29, 0.717) is 6.54 Å². The van der Waals surface area contributed by atoms with Gasteiger partial charge in [-0.1, -0.05) is 6.92 Å². The highest BCUT2D eigenvalue weighted by atomic mass is 19.1. The smallest absolute Gasteiger partial charge is 0.275 e. The summed E-state index contributed by atoms with van der Waals surface area (Å²) in [7, 11) is 2.04. The maximum Gasteiger partial charge on any atom is 0.275 e. The third kappa shape index (κ3) is 3.66. The monoisotopic (exact) mass is 299 g/mol. The molecule has 1 aromatic rings. The summed E-state index contributed by atoms with van der Waals surface area (Å²) in [6, 6.07) is 1.48. The Hall–Kier alpha value is -1.76. The number of halogens is 2. The average Bonchev–Trinajstić information content (AvgIpc) is 2.41. The normalized spacial score (nSPS) is 18.5. The third-order valence-corrected chi connectivity index (χ3v) is 4.12. The van der Waals surface area contributed by atoms with Gasteiger partial charge in [0, 0.05) is 6.54 Å². The number of hydrogen-bond donors (Lipinski definition) is 1. The fraction of sp³-hybridized carbons (Fsp3) is 0.571. The number of hydrogen-bond acceptors (Lipinski definition) is 4. The highest BCUT2D eigenvalue weighted by Gasteiger charge is 2.29. The lowest BCUT2D eigenvalue weighted by atomic mass is 9.80. The van der Waals surface area contributed by atoms with Crippen LogP contribution in [0.25, 0.3) is 0 Å².